The molecule has 0 aliphatic heterocycles. The second-order valence-electron chi connectivity index (χ2n) is 8.29. The Hall–Kier alpha value is -3.42. The van der Waals surface area contributed by atoms with Gasteiger partial charge in [-0.05, 0) is 56.5 Å². The molecule has 2 rings (SSSR count). The van der Waals surface area contributed by atoms with E-state index in [1.54, 1.807) is 45.0 Å². The molecule has 0 saturated carbocycles. The van der Waals surface area contributed by atoms with Gasteiger partial charge in [0.2, 0.25) is 11.8 Å². The minimum atomic E-state index is -0.602. The van der Waals surface area contributed by atoms with Crippen LogP contribution in [0.15, 0.2) is 48.5 Å². The van der Waals surface area contributed by atoms with Crippen molar-refractivity contribution in [3.8, 4) is 0 Å². The van der Waals surface area contributed by atoms with Crippen molar-refractivity contribution in [1.82, 2.24) is 10.6 Å². The molecule has 172 valence electrons. The van der Waals surface area contributed by atoms with Crippen LogP contribution in [0.2, 0.25) is 0 Å². The van der Waals surface area contributed by atoms with E-state index in [9.17, 15) is 18.8 Å². The highest BCUT2D eigenvalue weighted by atomic mass is 19.1. The maximum Gasteiger partial charge on any atom is 0.407 e. The first kappa shape index (κ1) is 24.8. The van der Waals surface area contributed by atoms with Crippen molar-refractivity contribution in [2.75, 3.05) is 11.9 Å². The summed E-state index contributed by atoms with van der Waals surface area (Å²) in [4.78, 5) is 36.0. The normalized spacial score (nSPS) is 10.9. The molecule has 0 heterocycles. The Labute approximate surface area is 187 Å². The van der Waals surface area contributed by atoms with E-state index < -0.39 is 11.7 Å². The largest absolute Gasteiger partial charge is 0.444 e. The highest BCUT2D eigenvalue weighted by molar-refractivity contribution is 5.92. The van der Waals surface area contributed by atoms with Crippen LogP contribution in [0.4, 0.5) is 14.9 Å². The molecule has 0 unspecified atom stereocenters. The zero-order valence-electron chi connectivity index (χ0n) is 18.7. The first-order chi connectivity index (χ1) is 15.1. The van der Waals surface area contributed by atoms with Crippen molar-refractivity contribution in [3.63, 3.8) is 0 Å². The summed E-state index contributed by atoms with van der Waals surface area (Å²) in [5.41, 5.74) is 1.63. The van der Waals surface area contributed by atoms with Gasteiger partial charge in [0.05, 0.1) is 0 Å². The Morgan fingerprint density at radius 3 is 2.28 bits per heavy atom. The van der Waals surface area contributed by atoms with Crippen LogP contribution >= 0.6 is 0 Å². The molecule has 0 bridgehead atoms. The van der Waals surface area contributed by atoms with Gasteiger partial charge in [-0.2, -0.15) is 0 Å². The average molecular weight is 444 g/mol. The Bertz CT molecular complexity index is 924. The lowest BCUT2D eigenvalue weighted by atomic mass is 10.1. The third-order valence-corrected chi connectivity index (χ3v) is 4.34. The van der Waals surface area contributed by atoms with Crippen LogP contribution in [0.25, 0.3) is 0 Å². The van der Waals surface area contributed by atoms with Gasteiger partial charge in [-0.1, -0.05) is 30.3 Å². The lowest BCUT2D eigenvalue weighted by Gasteiger charge is -2.19. The number of ether oxygens (including phenoxy) is 1. The first-order valence-electron chi connectivity index (χ1n) is 10.5. The third kappa shape index (κ3) is 9.59. The topological polar surface area (TPSA) is 96.5 Å². The number of carbonyl (C=O) groups excluding carboxylic acids is 3. The summed E-state index contributed by atoms with van der Waals surface area (Å²) in [6.07, 6.45) is 0.289. The molecule has 8 heteroatoms. The van der Waals surface area contributed by atoms with Crippen molar-refractivity contribution in [3.05, 3.63) is 65.5 Å². The van der Waals surface area contributed by atoms with Crippen molar-refractivity contribution >= 4 is 23.6 Å². The summed E-state index contributed by atoms with van der Waals surface area (Å²) in [5.74, 6) is -0.717. The van der Waals surface area contributed by atoms with Crippen LogP contribution in [0.5, 0.6) is 0 Å². The van der Waals surface area contributed by atoms with Gasteiger partial charge in [-0.25, -0.2) is 9.18 Å². The maximum absolute atomic E-state index is 13.0. The summed E-state index contributed by atoms with van der Waals surface area (Å²) in [7, 11) is 0. The van der Waals surface area contributed by atoms with Gasteiger partial charge >= 0.3 is 6.09 Å². The summed E-state index contributed by atoms with van der Waals surface area (Å²) >= 11 is 0. The fourth-order valence-electron chi connectivity index (χ4n) is 2.79. The number of amides is 3. The molecular formula is C24H30FN3O4. The molecule has 3 N–H and O–H groups in total. The molecule has 0 atom stereocenters. The summed E-state index contributed by atoms with van der Waals surface area (Å²) in [6, 6.07) is 13.2. The molecule has 32 heavy (non-hydrogen) atoms. The maximum atomic E-state index is 13.0. The number of anilines is 1. The fraction of sp³-hybridized carbons (Fsp3) is 0.375. The van der Waals surface area contributed by atoms with Crippen LogP contribution in [-0.2, 0) is 27.3 Å². The Kier molecular flexibility index (Phi) is 9.19. The SMILES string of the molecule is CC(C)(C)OC(=O)NCCC(=O)Nc1ccccc1CNC(=O)CCc1ccc(F)cc1. The highest BCUT2D eigenvalue weighted by Gasteiger charge is 2.16. The molecule has 0 saturated heterocycles. The van der Waals surface area contributed by atoms with E-state index in [1.165, 1.54) is 12.1 Å². The summed E-state index contributed by atoms with van der Waals surface area (Å²) < 4.78 is 18.1. The number of hydrogen-bond donors (Lipinski definition) is 3. The van der Waals surface area contributed by atoms with Crippen molar-refractivity contribution in [2.24, 2.45) is 0 Å². The Morgan fingerprint density at radius 2 is 1.59 bits per heavy atom. The molecule has 3 amide bonds. The minimum absolute atomic E-state index is 0.0810. The summed E-state index contributed by atoms with van der Waals surface area (Å²) in [6.45, 7) is 5.69. The molecule has 2 aromatic rings. The highest BCUT2D eigenvalue weighted by Crippen LogP contribution is 2.15. The van der Waals surface area contributed by atoms with Crippen molar-refractivity contribution < 1.29 is 23.5 Å². The molecule has 2 aromatic carbocycles. The van der Waals surface area contributed by atoms with E-state index in [0.717, 1.165) is 11.1 Å². The standard InChI is InChI=1S/C24H30FN3O4/c1-24(2,3)32-23(31)26-15-14-22(30)28-20-7-5-4-6-18(20)16-27-21(29)13-10-17-8-11-19(25)12-9-17/h4-9,11-12H,10,13-16H2,1-3H3,(H,26,31)(H,27,29)(H,28,30). The second-order valence-corrected chi connectivity index (χ2v) is 8.29. The lowest BCUT2D eigenvalue weighted by Crippen LogP contribution is -2.34. The average Bonchev–Trinajstić information content (AvgIpc) is 2.71. The monoisotopic (exact) mass is 443 g/mol. The number of carbonyl (C=O) groups is 3. The molecule has 0 fully saturated rings. The van der Waals surface area contributed by atoms with Gasteiger partial charge in [-0.15, -0.1) is 0 Å². The van der Waals surface area contributed by atoms with Crippen LogP contribution in [0.3, 0.4) is 0 Å². The van der Waals surface area contributed by atoms with Crippen LogP contribution in [0, 0.1) is 5.82 Å². The van der Waals surface area contributed by atoms with Gasteiger partial charge in [0.25, 0.3) is 0 Å². The number of rotatable bonds is 9. The van der Waals surface area contributed by atoms with Crippen molar-refractivity contribution in [1.29, 1.82) is 0 Å². The molecule has 0 aromatic heterocycles. The van der Waals surface area contributed by atoms with E-state index in [2.05, 4.69) is 16.0 Å². The Morgan fingerprint density at radius 1 is 0.906 bits per heavy atom. The number of alkyl carbamates (subject to hydrolysis) is 1. The van der Waals surface area contributed by atoms with Crippen molar-refractivity contribution in [2.45, 2.75) is 52.2 Å². The smallest absolute Gasteiger partial charge is 0.407 e. The van der Waals surface area contributed by atoms with E-state index in [0.29, 0.717) is 12.1 Å². The van der Waals surface area contributed by atoms with Crippen LogP contribution < -0.4 is 16.0 Å². The molecular weight excluding hydrogens is 413 g/mol. The number of benzene rings is 2. The van der Waals surface area contributed by atoms with Crippen LogP contribution in [-0.4, -0.2) is 30.1 Å². The quantitative estimate of drug-likeness (QED) is 0.547. The molecule has 0 radical (unpaired) electrons. The number of halogens is 1. The number of aryl methyl sites for hydroxylation is 1. The molecule has 7 nitrogen and oxygen atoms in total. The molecule has 0 aliphatic carbocycles. The van der Waals surface area contributed by atoms with Gasteiger partial charge < -0.3 is 20.7 Å². The first-order valence-corrected chi connectivity index (χ1v) is 10.5. The Balaban J connectivity index is 1.77. The zero-order chi connectivity index (χ0) is 23.6. The predicted molar refractivity (Wildman–Crippen MR) is 120 cm³/mol. The second kappa shape index (κ2) is 11.8. The van der Waals surface area contributed by atoms with E-state index in [-0.39, 0.29) is 43.6 Å². The molecule has 0 aliphatic rings. The van der Waals surface area contributed by atoms with Gasteiger partial charge in [0, 0.05) is 31.6 Å². The number of hydrogen-bond acceptors (Lipinski definition) is 4. The van der Waals surface area contributed by atoms with E-state index >= 15 is 0 Å². The molecule has 0 spiro atoms. The zero-order valence-corrected chi connectivity index (χ0v) is 18.7. The number of para-hydroxylation sites is 1. The number of nitrogens with one attached hydrogen (secondary N) is 3. The predicted octanol–water partition coefficient (Wildman–Crippen LogP) is 3.93. The third-order valence-electron chi connectivity index (χ3n) is 4.34. The van der Waals surface area contributed by atoms with Gasteiger partial charge in [0.1, 0.15) is 11.4 Å². The van der Waals surface area contributed by atoms with Gasteiger partial charge in [-0.3, -0.25) is 9.59 Å². The minimum Gasteiger partial charge on any atom is -0.444 e. The summed E-state index contributed by atoms with van der Waals surface area (Å²) in [5, 5.41) is 8.18. The van der Waals surface area contributed by atoms with Crippen LogP contribution in [0.1, 0.15) is 44.7 Å². The lowest BCUT2D eigenvalue weighted by molar-refractivity contribution is -0.121. The van der Waals surface area contributed by atoms with E-state index in [4.69, 9.17) is 4.74 Å². The van der Waals surface area contributed by atoms with Gasteiger partial charge in [0.15, 0.2) is 0 Å². The van der Waals surface area contributed by atoms with E-state index in [1.807, 2.05) is 12.1 Å². The fourth-order valence-corrected chi connectivity index (χ4v) is 2.79.